The van der Waals surface area contributed by atoms with E-state index in [1.54, 1.807) is 31.9 Å². The summed E-state index contributed by atoms with van der Waals surface area (Å²) in [5, 5.41) is 11.8. The van der Waals surface area contributed by atoms with Gasteiger partial charge in [0.1, 0.15) is 18.8 Å². The highest BCUT2D eigenvalue weighted by atomic mass is 32.2. The molecule has 0 aliphatic carbocycles. The molecule has 0 N–H and O–H groups in total. The van der Waals surface area contributed by atoms with Crippen molar-refractivity contribution in [1.82, 2.24) is 0 Å². The number of benzene rings is 2. The van der Waals surface area contributed by atoms with E-state index in [0.717, 1.165) is 15.4 Å². The summed E-state index contributed by atoms with van der Waals surface area (Å²) in [5.41, 5.74) is 1.44. The van der Waals surface area contributed by atoms with Crippen LogP contribution in [0.4, 0.5) is 10.5 Å². The van der Waals surface area contributed by atoms with Gasteiger partial charge >= 0.3 is 6.16 Å². The lowest BCUT2D eigenvalue weighted by atomic mass is 9.97. The summed E-state index contributed by atoms with van der Waals surface area (Å²) in [6.07, 6.45) is -0.326. The third kappa shape index (κ3) is 6.69. The van der Waals surface area contributed by atoms with Crippen molar-refractivity contribution in [2.24, 2.45) is 0 Å². The third-order valence-corrected chi connectivity index (χ3v) is 6.58. The van der Waals surface area contributed by atoms with Gasteiger partial charge in [-0.1, -0.05) is 43.8 Å². The fourth-order valence-corrected chi connectivity index (χ4v) is 4.76. The molecular weight excluding hydrogens is 446 g/mol. The van der Waals surface area contributed by atoms with Gasteiger partial charge in [-0.05, 0) is 30.2 Å². The molecule has 0 bridgehead atoms. The lowest BCUT2D eigenvalue weighted by Gasteiger charge is -2.19. The molecule has 2 aromatic rings. The Kier molecular flexibility index (Phi) is 9.11. The van der Waals surface area contributed by atoms with Crippen LogP contribution in [0.5, 0.6) is 0 Å². The number of carbonyl (C=O) groups excluding carboxylic acids is 1. The first kappa shape index (κ1) is 25.0. The summed E-state index contributed by atoms with van der Waals surface area (Å²) in [6.45, 7) is 4.54. The lowest BCUT2D eigenvalue weighted by Crippen LogP contribution is -2.31. The van der Waals surface area contributed by atoms with Gasteiger partial charge in [-0.25, -0.2) is 4.79 Å². The van der Waals surface area contributed by atoms with Crippen LogP contribution in [0, 0.1) is 10.1 Å². The topological polar surface area (TPSA) is 97.1 Å². The molecule has 1 aliphatic heterocycles. The van der Waals surface area contributed by atoms with Crippen molar-refractivity contribution in [2.75, 3.05) is 26.9 Å². The van der Waals surface area contributed by atoms with E-state index in [1.165, 1.54) is 0 Å². The van der Waals surface area contributed by atoms with Gasteiger partial charge in [0.25, 0.3) is 5.69 Å². The molecule has 1 heterocycles. The minimum absolute atomic E-state index is 0.0260. The van der Waals surface area contributed by atoms with Crippen LogP contribution in [-0.4, -0.2) is 50.2 Å². The van der Waals surface area contributed by atoms with Crippen molar-refractivity contribution in [3.8, 4) is 0 Å². The van der Waals surface area contributed by atoms with E-state index in [2.05, 4.69) is 0 Å². The molecule has 0 amide bonds. The predicted molar refractivity (Wildman–Crippen MR) is 124 cm³/mol. The molecule has 33 heavy (non-hydrogen) atoms. The number of carbonyl (C=O) groups is 1. The first-order valence-electron chi connectivity index (χ1n) is 10.9. The fourth-order valence-electron chi connectivity index (χ4n) is 3.69. The molecule has 1 aliphatic rings. The second-order valence-electron chi connectivity index (χ2n) is 7.82. The van der Waals surface area contributed by atoms with Crippen LogP contribution in [0.25, 0.3) is 0 Å². The van der Waals surface area contributed by atoms with Gasteiger partial charge in [0.15, 0.2) is 0 Å². The fraction of sp³-hybridized carbons (Fsp3) is 0.458. The van der Waals surface area contributed by atoms with Crippen LogP contribution in [0.3, 0.4) is 0 Å². The van der Waals surface area contributed by atoms with E-state index in [9.17, 15) is 14.9 Å². The minimum atomic E-state index is -0.815. The van der Waals surface area contributed by atoms with Gasteiger partial charge < -0.3 is 18.9 Å². The predicted octanol–water partition coefficient (Wildman–Crippen LogP) is 5.37. The molecule has 0 radical (unpaired) electrons. The average Bonchev–Trinajstić information content (AvgIpc) is 3.24. The maximum absolute atomic E-state index is 12.2. The first-order chi connectivity index (χ1) is 15.9. The Hall–Kier alpha value is -2.62. The summed E-state index contributed by atoms with van der Waals surface area (Å²) in [5.74, 6) is -0.395. The van der Waals surface area contributed by atoms with Gasteiger partial charge in [0, 0.05) is 40.9 Å². The maximum Gasteiger partial charge on any atom is 0.508 e. The summed E-state index contributed by atoms with van der Waals surface area (Å²) in [6, 6.07) is 13.3. The van der Waals surface area contributed by atoms with E-state index in [4.69, 9.17) is 18.9 Å². The van der Waals surface area contributed by atoms with Crippen LogP contribution in [-0.2, 0) is 25.4 Å². The number of nitro benzene ring substituents is 1. The summed E-state index contributed by atoms with van der Waals surface area (Å²) in [7, 11) is 1.56. The molecule has 1 fully saturated rings. The highest BCUT2D eigenvalue weighted by Gasteiger charge is 2.32. The Bertz CT molecular complexity index is 953. The van der Waals surface area contributed by atoms with Crippen LogP contribution < -0.4 is 0 Å². The molecule has 9 heteroatoms. The third-order valence-electron chi connectivity index (χ3n) is 5.47. The number of methoxy groups -OCH3 is 1. The van der Waals surface area contributed by atoms with Crippen molar-refractivity contribution >= 4 is 23.6 Å². The van der Waals surface area contributed by atoms with Crippen molar-refractivity contribution in [2.45, 2.75) is 54.6 Å². The Labute approximate surface area is 197 Å². The Morgan fingerprint density at radius 1 is 1.30 bits per heavy atom. The maximum atomic E-state index is 12.2. The quantitative estimate of drug-likeness (QED) is 0.257. The summed E-state index contributed by atoms with van der Waals surface area (Å²) in [4.78, 5) is 25.6. The molecule has 1 unspecified atom stereocenters. The number of aryl methyl sites for hydroxylation is 1. The highest BCUT2D eigenvalue weighted by molar-refractivity contribution is 7.99. The molecule has 3 atom stereocenters. The number of hydrogen-bond donors (Lipinski definition) is 0. The largest absolute Gasteiger partial charge is 0.508 e. The number of nitro groups is 1. The molecule has 2 aromatic carbocycles. The highest BCUT2D eigenvalue weighted by Crippen LogP contribution is 2.37. The number of hydrogen-bond acceptors (Lipinski definition) is 8. The van der Waals surface area contributed by atoms with Gasteiger partial charge in [-0.3, -0.25) is 10.1 Å². The van der Waals surface area contributed by atoms with Crippen LogP contribution in [0.15, 0.2) is 52.3 Å². The SMILES string of the molecule is CCc1cc([N+](=O)[O-])c(C(C)COC(=O)O[C@@H]2CCO[C@@H]2COC)cc1Sc1ccccc1. The van der Waals surface area contributed by atoms with Crippen molar-refractivity contribution in [1.29, 1.82) is 0 Å². The first-order valence-corrected chi connectivity index (χ1v) is 11.7. The zero-order valence-electron chi connectivity index (χ0n) is 19.0. The van der Waals surface area contributed by atoms with Gasteiger partial charge in [0.2, 0.25) is 0 Å². The van der Waals surface area contributed by atoms with Crippen LogP contribution >= 0.6 is 11.8 Å². The molecule has 1 saturated heterocycles. The van der Waals surface area contributed by atoms with Gasteiger partial charge in [-0.15, -0.1) is 0 Å². The Balaban J connectivity index is 1.72. The zero-order valence-corrected chi connectivity index (χ0v) is 19.8. The lowest BCUT2D eigenvalue weighted by molar-refractivity contribution is -0.385. The number of ether oxygens (including phenoxy) is 4. The van der Waals surface area contributed by atoms with Crippen LogP contribution in [0.2, 0.25) is 0 Å². The molecule has 8 nitrogen and oxygen atoms in total. The van der Waals surface area contributed by atoms with Gasteiger partial charge in [-0.2, -0.15) is 0 Å². The molecule has 0 spiro atoms. The van der Waals surface area contributed by atoms with E-state index >= 15 is 0 Å². The molecule has 0 saturated carbocycles. The summed E-state index contributed by atoms with van der Waals surface area (Å²) < 4.78 is 21.3. The van der Waals surface area contributed by atoms with Gasteiger partial charge in [0.05, 0.1) is 18.1 Å². The van der Waals surface area contributed by atoms with E-state index in [1.807, 2.05) is 43.3 Å². The Morgan fingerprint density at radius 3 is 2.73 bits per heavy atom. The minimum Gasteiger partial charge on any atom is -0.434 e. The number of rotatable bonds is 10. The number of nitrogens with zero attached hydrogens (tertiary/aromatic N) is 1. The average molecular weight is 476 g/mol. The Morgan fingerprint density at radius 2 is 2.06 bits per heavy atom. The summed E-state index contributed by atoms with van der Waals surface area (Å²) >= 11 is 1.56. The zero-order chi connectivity index (χ0) is 23.8. The second-order valence-corrected chi connectivity index (χ2v) is 8.93. The van der Waals surface area contributed by atoms with E-state index in [-0.39, 0.29) is 23.3 Å². The standard InChI is InChI=1S/C24H29NO7S/c1-4-17-12-20(25(27)28)19(13-23(17)33-18-8-6-5-7-9-18)16(2)14-31-24(26)32-21-10-11-30-22(21)15-29-3/h5-9,12-13,16,21-22H,4,10-11,14-15H2,1-3H3/t16?,21-,22-/m1/s1. The molecule has 178 valence electrons. The van der Waals surface area contributed by atoms with Crippen molar-refractivity contribution in [3.05, 3.63) is 63.7 Å². The molecule has 3 rings (SSSR count). The van der Waals surface area contributed by atoms with E-state index in [0.29, 0.717) is 31.6 Å². The normalized spacial score (nSPS) is 18.6. The van der Waals surface area contributed by atoms with Crippen LogP contribution in [0.1, 0.15) is 37.3 Å². The monoisotopic (exact) mass is 475 g/mol. The van der Waals surface area contributed by atoms with Crippen molar-refractivity contribution < 1.29 is 28.7 Å². The van der Waals surface area contributed by atoms with Crippen molar-refractivity contribution in [3.63, 3.8) is 0 Å². The molecular formula is C24H29NO7S. The van der Waals surface area contributed by atoms with E-state index < -0.39 is 18.2 Å². The molecule has 0 aromatic heterocycles. The smallest absolute Gasteiger partial charge is 0.434 e. The second kappa shape index (κ2) is 12.0.